The molecule has 3 N–H and O–H groups in total. The van der Waals surface area contributed by atoms with E-state index in [1.807, 2.05) is 0 Å². The summed E-state index contributed by atoms with van der Waals surface area (Å²) < 4.78 is 34.6. The first-order valence-electron chi connectivity index (χ1n) is 3.43. The van der Waals surface area contributed by atoms with Crippen molar-refractivity contribution in [3.05, 3.63) is 0 Å². The highest BCUT2D eigenvalue weighted by Crippen LogP contribution is 2.22. The van der Waals surface area contributed by atoms with E-state index in [1.54, 1.807) is 0 Å². The summed E-state index contributed by atoms with van der Waals surface area (Å²) in [5.41, 5.74) is 3.13. The van der Waals surface area contributed by atoms with Crippen LogP contribution in [0.4, 0.5) is 13.2 Å². The topological polar surface area (TPSA) is 67.8 Å². The van der Waals surface area contributed by atoms with E-state index in [2.05, 4.69) is 5.73 Å². The van der Waals surface area contributed by atoms with E-state index >= 15 is 0 Å². The molecule has 0 saturated carbocycles. The quantitative estimate of drug-likeness (QED) is 0.615. The largest absolute Gasteiger partial charge is 0.544 e. The third-order valence-electron chi connectivity index (χ3n) is 1.35. The third kappa shape index (κ3) is 5.96. The van der Waals surface area contributed by atoms with Crippen molar-refractivity contribution in [2.45, 2.75) is 31.5 Å². The minimum absolute atomic E-state index is 0.0954. The number of carbonyl (C=O) groups is 1. The minimum atomic E-state index is -4.22. The second-order valence-corrected chi connectivity index (χ2v) is 2.52. The summed E-state index contributed by atoms with van der Waals surface area (Å²) in [6.07, 6.45) is -5.49. The van der Waals surface area contributed by atoms with Crippen LogP contribution in [0.2, 0.25) is 0 Å². The molecule has 6 heteroatoms. The lowest BCUT2D eigenvalue weighted by Crippen LogP contribution is -2.68. The first kappa shape index (κ1) is 11.2. The van der Waals surface area contributed by atoms with Gasteiger partial charge in [0.15, 0.2) is 0 Å². The zero-order valence-corrected chi connectivity index (χ0v) is 6.36. The molecule has 0 saturated heterocycles. The molecule has 0 aromatic carbocycles. The Balaban J connectivity index is 3.51. The Labute approximate surface area is 67.4 Å². The summed E-state index contributed by atoms with van der Waals surface area (Å²) in [6.45, 7) is 0. The summed E-state index contributed by atoms with van der Waals surface area (Å²) >= 11 is 0. The lowest BCUT2D eigenvalue weighted by Gasteiger charge is -2.09. The maximum absolute atomic E-state index is 11.5. The molecule has 3 nitrogen and oxygen atoms in total. The number of rotatable bonds is 4. The fraction of sp³-hybridized carbons (Fsp3) is 0.833. The number of hydrogen-bond acceptors (Lipinski definition) is 2. The molecule has 12 heavy (non-hydrogen) atoms. The van der Waals surface area contributed by atoms with Crippen LogP contribution >= 0.6 is 0 Å². The second-order valence-electron chi connectivity index (χ2n) is 2.52. The molecule has 0 heterocycles. The van der Waals surface area contributed by atoms with Crippen molar-refractivity contribution in [3.8, 4) is 0 Å². The van der Waals surface area contributed by atoms with Gasteiger partial charge in [0.05, 0.1) is 5.97 Å². The van der Waals surface area contributed by atoms with Crippen molar-refractivity contribution in [2.75, 3.05) is 0 Å². The number of quaternary nitrogens is 1. The number of aliphatic carboxylic acids is 1. The maximum Gasteiger partial charge on any atom is 0.389 e. The van der Waals surface area contributed by atoms with Crippen LogP contribution in [0, 0.1) is 0 Å². The first-order valence-corrected chi connectivity index (χ1v) is 3.43. The summed E-state index contributed by atoms with van der Waals surface area (Å²) in [6, 6.07) is -1.05. The molecule has 0 spiro atoms. The Bertz CT molecular complexity index is 157. The summed E-state index contributed by atoms with van der Waals surface area (Å²) in [5.74, 6) is -1.41. The average molecular weight is 185 g/mol. The van der Waals surface area contributed by atoms with E-state index in [0.29, 0.717) is 0 Å². The van der Waals surface area contributed by atoms with Gasteiger partial charge in [-0.25, -0.2) is 0 Å². The summed E-state index contributed by atoms with van der Waals surface area (Å²) in [4.78, 5) is 10.00. The van der Waals surface area contributed by atoms with Crippen LogP contribution in [0.25, 0.3) is 0 Å². The van der Waals surface area contributed by atoms with Crippen molar-refractivity contribution in [1.82, 2.24) is 0 Å². The Hall–Kier alpha value is -0.780. The van der Waals surface area contributed by atoms with Gasteiger partial charge in [0, 0.05) is 12.8 Å². The predicted molar refractivity (Wildman–Crippen MR) is 31.6 cm³/mol. The summed E-state index contributed by atoms with van der Waals surface area (Å²) in [7, 11) is 0. The van der Waals surface area contributed by atoms with Gasteiger partial charge in [-0.05, 0) is 6.42 Å². The molecule has 0 aliphatic heterocycles. The van der Waals surface area contributed by atoms with E-state index in [9.17, 15) is 23.1 Å². The van der Waals surface area contributed by atoms with Crippen molar-refractivity contribution < 1.29 is 28.8 Å². The zero-order valence-electron chi connectivity index (χ0n) is 6.36. The molecule has 0 fully saturated rings. The normalized spacial score (nSPS) is 14.3. The standard InChI is InChI=1S/C6H10F3NO2/c7-6(8,9)3-1-2-4(10)5(11)12/h4H,1-3,10H2,(H,11,12)/t4-/m0/s1. The van der Waals surface area contributed by atoms with E-state index < -0.39 is 24.6 Å². The highest BCUT2D eigenvalue weighted by Gasteiger charge is 2.26. The molecular formula is C6H10F3NO2. The van der Waals surface area contributed by atoms with Gasteiger partial charge in [0.2, 0.25) is 0 Å². The van der Waals surface area contributed by atoms with E-state index in [1.165, 1.54) is 0 Å². The molecule has 0 bridgehead atoms. The maximum atomic E-state index is 11.5. The highest BCUT2D eigenvalue weighted by molar-refractivity contribution is 5.68. The molecule has 0 aliphatic rings. The Morgan fingerprint density at radius 3 is 2.33 bits per heavy atom. The van der Waals surface area contributed by atoms with Crippen molar-refractivity contribution in [3.63, 3.8) is 0 Å². The molecule has 0 aliphatic carbocycles. The van der Waals surface area contributed by atoms with Crippen LogP contribution < -0.4 is 10.8 Å². The molecule has 0 radical (unpaired) electrons. The molecule has 0 aromatic rings. The average Bonchev–Trinajstić information content (AvgIpc) is 1.84. The smallest absolute Gasteiger partial charge is 0.389 e. The Morgan fingerprint density at radius 2 is 2.00 bits per heavy atom. The predicted octanol–water partition coefficient (Wildman–Crippen LogP) is -0.921. The van der Waals surface area contributed by atoms with Gasteiger partial charge < -0.3 is 15.6 Å². The van der Waals surface area contributed by atoms with Crippen LogP contribution in [-0.4, -0.2) is 18.2 Å². The SMILES string of the molecule is [NH3+][C@@H](CCCC(F)(F)F)C(=O)[O-]. The zero-order chi connectivity index (χ0) is 9.78. The number of halogens is 3. The van der Waals surface area contributed by atoms with Gasteiger partial charge in [-0.1, -0.05) is 0 Å². The van der Waals surface area contributed by atoms with Crippen LogP contribution in [0.3, 0.4) is 0 Å². The van der Waals surface area contributed by atoms with Gasteiger partial charge in [0.25, 0.3) is 0 Å². The van der Waals surface area contributed by atoms with Crippen LogP contribution in [0.1, 0.15) is 19.3 Å². The van der Waals surface area contributed by atoms with Gasteiger partial charge in [-0.3, -0.25) is 0 Å². The summed E-state index contributed by atoms with van der Waals surface area (Å²) in [5, 5.41) is 10.00. The lowest BCUT2D eigenvalue weighted by molar-refractivity contribution is -0.438. The van der Waals surface area contributed by atoms with Gasteiger partial charge in [-0.2, -0.15) is 13.2 Å². The van der Waals surface area contributed by atoms with Crippen LogP contribution in [0.5, 0.6) is 0 Å². The molecule has 1 atom stereocenters. The number of hydrogen-bond donors (Lipinski definition) is 1. The molecular weight excluding hydrogens is 175 g/mol. The fourth-order valence-corrected chi connectivity index (χ4v) is 0.667. The molecule has 0 rings (SSSR count). The van der Waals surface area contributed by atoms with Crippen molar-refractivity contribution in [1.29, 1.82) is 0 Å². The molecule has 0 unspecified atom stereocenters. The second kappa shape index (κ2) is 4.30. The first-order chi connectivity index (χ1) is 5.33. The Kier molecular flexibility index (Phi) is 4.02. The van der Waals surface area contributed by atoms with Gasteiger partial charge in [-0.15, -0.1) is 0 Å². The highest BCUT2D eigenvalue weighted by atomic mass is 19.4. The van der Waals surface area contributed by atoms with E-state index in [0.717, 1.165) is 0 Å². The number of carboxylic acids is 1. The minimum Gasteiger partial charge on any atom is -0.544 e. The number of alkyl halides is 3. The Morgan fingerprint density at radius 1 is 1.50 bits per heavy atom. The lowest BCUT2D eigenvalue weighted by atomic mass is 10.1. The van der Waals surface area contributed by atoms with Crippen LogP contribution in [0.15, 0.2) is 0 Å². The number of carbonyl (C=O) groups excluding carboxylic acids is 1. The van der Waals surface area contributed by atoms with E-state index in [-0.39, 0.29) is 12.8 Å². The molecule has 0 aromatic heterocycles. The van der Waals surface area contributed by atoms with Crippen LogP contribution in [-0.2, 0) is 4.79 Å². The van der Waals surface area contributed by atoms with E-state index in [4.69, 9.17) is 0 Å². The monoisotopic (exact) mass is 185 g/mol. The molecule has 0 amide bonds. The van der Waals surface area contributed by atoms with Gasteiger partial charge >= 0.3 is 6.18 Å². The fourth-order valence-electron chi connectivity index (χ4n) is 0.667. The third-order valence-corrected chi connectivity index (χ3v) is 1.35. The molecule has 72 valence electrons. The van der Waals surface area contributed by atoms with Crippen molar-refractivity contribution in [2.24, 2.45) is 0 Å². The number of carboxylic acid groups (broad SMARTS) is 1. The van der Waals surface area contributed by atoms with Gasteiger partial charge in [0.1, 0.15) is 6.04 Å². The van der Waals surface area contributed by atoms with Crippen molar-refractivity contribution >= 4 is 5.97 Å².